The van der Waals surface area contributed by atoms with Crippen molar-refractivity contribution in [1.29, 1.82) is 0 Å². The van der Waals surface area contributed by atoms with Crippen LogP contribution in [0.2, 0.25) is 0 Å². The highest BCUT2D eigenvalue weighted by atomic mass is 32.2. The Labute approximate surface area is 90.5 Å². The van der Waals surface area contributed by atoms with Crippen molar-refractivity contribution in [3.8, 4) is 0 Å². The van der Waals surface area contributed by atoms with Gasteiger partial charge >= 0.3 is 0 Å². The van der Waals surface area contributed by atoms with E-state index in [1.165, 1.54) is 29.1 Å². The van der Waals surface area contributed by atoms with Gasteiger partial charge in [0.25, 0.3) is 0 Å². The third-order valence-electron chi connectivity index (χ3n) is 1.95. The smallest absolute Gasteiger partial charge is 0.00831 e. The Bertz CT molecular complexity index is 269. The van der Waals surface area contributed by atoms with Crippen LogP contribution in [-0.4, -0.2) is 5.75 Å². The molecule has 13 heavy (non-hydrogen) atoms. The Hall–Kier alpha value is -0.0800. The number of benzene rings is 1. The van der Waals surface area contributed by atoms with Crippen molar-refractivity contribution in [2.45, 2.75) is 36.5 Å². The molecule has 0 amide bonds. The van der Waals surface area contributed by atoms with Crippen LogP contribution in [0.25, 0.3) is 0 Å². The molecular weight excluding hydrogens is 196 g/mol. The van der Waals surface area contributed by atoms with Crippen LogP contribution in [0.4, 0.5) is 0 Å². The van der Waals surface area contributed by atoms with Crippen LogP contribution < -0.4 is 0 Å². The number of thioether (sulfide) groups is 1. The summed E-state index contributed by atoms with van der Waals surface area (Å²) in [5.41, 5.74) is 1.25. The van der Waals surface area contributed by atoms with Crippen LogP contribution in [0.3, 0.4) is 0 Å². The molecule has 0 radical (unpaired) electrons. The summed E-state index contributed by atoms with van der Waals surface area (Å²) in [6.45, 7) is 4.31. The van der Waals surface area contributed by atoms with Gasteiger partial charge in [-0.25, -0.2) is 0 Å². The molecule has 0 saturated carbocycles. The summed E-state index contributed by atoms with van der Waals surface area (Å²) < 4.78 is 0. The average Bonchev–Trinajstić information content (AvgIpc) is 2.12. The van der Waals surface area contributed by atoms with E-state index in [2.05, 4.69) is 44.7 Å². The van der Waals surface area contributed by atoms with E-state index in [-0.39, 0.29) is 0 Å². The lowest BCUT2D eigenvalue weighted by atomic mass is 10.2. The molecule has 0 heterocycles. The van der Waals surface area contributed by atoms with Crippen LogP contribution in [0, 0.1) is 6.92 Å². The molecule has 2 heteroatoms. The van der Waals surface area contributed by atoms with Gasteiger partial charge in [0.05, 0.1) is 0 Å². The number of unbranched alkanes of at least 4 members (excludes halogenated alkanes) is 1. The van der Waals surface area contributed by atoms with E-state index < -0.39 is 0 Å². The lowest BCUT2D eigenvalue weighted by Gasteiger charge is -2.03. The molecule has 0 aromatic heterocycles. The topological polar surface area (TPSA) is 0 Å². The van der Waals surface area contributed by atoms with E-state index in [9.17, 15) is 0 Å². The maximum Gasteiger partial charge on any atom is 0.00831 e. The second kappa shape index (κ2) is 5.61. The van der Waals surface area contributed by atoms with E-state index in [4.69, 9.17) is 0 Å². The van der Waals surface area contributed by atoms with Crippen molar-refractivity contribution < 1.29 is 0 Å². The van der Waals surface area contributed by atoms with Crippen molar-refractivity contribution in [3.05, 3.63) is 23.8 Å². The minimum Gasteiger partial charge on any atom is -0.143 e. The van der Waals surface area contributed by atoms with Crippen LogP contribution >= 0.6 is 24.4 Å². The van der Waals surface area contributed by atoms with E-state index in [1.54, 1.807) is 0 Å². The van der Waals surface area contributed by atoms with Gasteiger partial charge in [-0.2, -0.15) is 0 Å². The van der Waals surface area contributed by atoms with Crippen molar-refractivity contribution in [2.75, 3.05) is 5.75 Å². The van der Waals surface area contributed by atoms with E-state index in [0.29, 0.717) is 0 Å². The zero-order valence-electron chi connectivity index (χ0n) is 8.21. The first-order valence-corrected chi connectivity index (χ1v) is 6.09. The zero-order chi connectivity index (χ0) is 9.68. The van der Waals surface area contributed by atoms with Gasteiger partial charge in [-0.3, -0.25) is 0 Å². The van der Waals surface area contributed by atoms with Gasteiger partial charge in [0, 0.05) is 9.79 Å². The van der Waals surface area contributed by atoms with Gasteiger partial charge in [0.15, 0.2) is 0 Å². The fraction of sp³-hybridized carbons (Fsp3) is 0.455. The van der Waals surface area contributed by atoms with E-state index in [1.807, 2.05) is 11.8 Å². The molecule has 0 atom stereocenters. The lowest BCUT2D eigenvalue weighted by molar-refractivity contribution is 0.896. The molecule has 0 spiro atoms. The standard InChI is InChI=1S/C11H16S2/c1-3-4-7-13-10-6-5-9(2)11(12)8-10/h5-6,8,12H,3-4,7H2,1-2H3. The monoisotopic (exact) mass is 212 g/mol. The second-order valence-corrected chi connectivity index (χ2v) is 4.80. The molecule has 0 unspecified atom stereocenters. The summed E-state index contributed by atoms with van der Waals surface area (Å²) in [6, 6.07) is 6.46. The predicted octanol–water partition coefficient (Wildman–Crippen LogP) is 4.18. The Morgan fingerprint density at radius 3 is 2.77 bits per heavy atom. The zero-order valence-corrected chi connectivity index (χ0v) is 9.92. The van der Waals surface area contributed by atoms with Crippen LogP contribution in [0.15, 0.2) is 28.0 Å². The number of thiol groups is 1. The molecular formula is C11H16S2. The average molecular weight is 212 g/mol. The molecule has 0 aliphatic heterocycles. The van der Waals surface area contributed by atoms with Gasteiger partial charge in [0.1, 0.15) is 0 Å². The fourth-order valence-electron chi connectivity index (χ4n) is 1.01. The Balaban J connectivity index is 2.53. The number of aryl methyl sites for hydroxylation is 1. The lowest BCUT2D eigenvalue weighted by Crippen LogP contribution is -1.80. The molecule has 0 bridgehead atoms. The van der Waals surface area contributed by atoms with Gasteiger partial charge < -0.3 is 0 Å². The summed E-state index contributed by atoms with van der Waals surface area (Å²) in [5, 5.41) is 0. The van der Waals surface area contributed by atoms with E-state index in [0.717, 1.165) is 4.90 Å². The van der Waals surface area contributed by atoms with Crippen LogP contribution in [-0.2, 0) is 0 Å². The van der Waals surface area contributed by atoms with Crippen LogP contribution in [0.5, 0.6) is 0 Å². The number of hydrogen-bond donors (Lipinski definition) is 1. The second-order valence-electron chi connectivity index (χ2n) is 3.15. The van der Waals surface area contributed by atoms with E-state index >= 15 is 0 Å². The maximum atomic E-state index is 4.40. The van der Waals surface area contributed by atoms with Crippen LogP contribution in [0.1, 0.15) is 25.3 Å². The van der Waals surface area contributed by atoms with Crippen molar-refractivity contribution in [1.82, 2.24) is 0 Å². The van der Waals surface area contributed by atoms with Gasteiger partial charge in [0.2, 0.25) is 0 Å². The van der Waals surface area contributed by atoms with Crippen molar-refractivity contribution in [2.24, 2.45) is 0 Å². The first kappa shape index (κ1) is 11.0. The normalized spacial score (nSPS) is 10.4. The largest absolute Gasteiger partial charge is 0.143 e. The highest BCUT2D eigenvalue weighted by molar-refractivity contribution is 7.99. The molecule has 72 valence electrons. The minimum absolute atomic E-state index is 1.10. The highest BCUT2D eigenvalue weighted by Crippen LogP contribution is 2.24. The summed E-state index contributed by atoms with van der Waals surface area (Å²) in [7, 11) is 0. The fourth-order valence-corrected chi connectivity index (χ4v) is 2.35. The summed E-state index contributed by atoms with van der Waals surface area (Å²) in [4.78, 5) is 2.44. The molecule has 0 saturated heterocycles. The Kier molecular flexibility index (Phi) is 4.74. The highest BCUT2D eigenvalue weighted by Gasteiger charge is 1.96. The third-order valence-corrected chi connectivity index (χ3v) is 3.51. The molecule has 0 nitrogen and oxygen atoms in total. The molecule has 1 rings (SSSR count). The van der Waals surface area contributed by atoms with Crippen molar-refractivity contribution >= 4 is 24.4 Å². The first-order chi connectivity index (χ1) is 6.24. The van der Waals surface area contributed by atoms with Crippen molar-refractivity contribution in [3.63, 3.8) is 0 Å². The minimum atomic E-state index is 1.10. The maximum absolute atomic E-state index is 4.40. The summed E-state index contributed by atoms with van der Waals surface area (Å²) in [6.07, 6.45) is 2.56. The SMILES string of the molecule is CCCCSc1ccc(C)c(S)c1. The molecule has 1 aromatic rings. The molecule has 0 N–H and O–H groups in total. The summed E-state index contributed by atoms with van der Waals surface area (Å²) >= 11 is 6.32. The van der Waals surface area contributed by atoms with Gasteiger partial charge in [-0.1, -0.05) is 19.4 Å². The number of hydrogen-bond acceptors (Lipinski definition) is 2. The van der Waals surface area contributed by atoms with Gasteiger partial charge in [-0.05, 0) is 36.8 Å². The number of rotatable bonds is 4. The van der Waals surface area contributed by atoms with Gasteiger partial charge in [-0.15, -0.1) is 24.4 Å². The molecule has 0 fully saturated rings. The predicted molar refractivity (Wildman–Crippen MR) is 64.1 cm³/mol. The first-order valence-electron chi connectivity index (χ1n) is 4.66. The molecule has 0 aliphatic carbocycles. The Morgan fingerprint density at radius 2 is 2.15 bits per heavy atom. The summed E-state index contributed by atoms with van der Waals surface area (Å²) in [5.74, 6) is 1.22. The molecule has 0 aliphatic rings. The Morgan fingerprint density at radius 1 is 1.38 bits per heavy atom. The third kappa shape index (κ3) is 3.65. The molecule has 1 aromatic carbocycles. The quantitative estimate of drug-likeness (QED) is 0.444.